The molecule has 1 atom stereocenters. The highest BCUT2D eigenvalue weighted by Gasteiger charge is 2.66. The number of methoxy groups -OCH3 is 1. The second-order valence-corrected chi connectivity index (χ2v) is 9.24. The first kappa shape index (κ1) is 24.0. The van der Waals surface area contributed by atoms with Gasteiger partial charge < -0.3 is 24.4 Å². The quantitative estimate of drug-likeness (QED) is 0.387. The van der Waals surface area contributed by atoms with Crippen LogP contribution in [0.3, 0.4) is 0 Å². The lowest BCUT2D eigenvalue weighted by Gasteiger charge is -2.36. The van der Waals surface area contributed by atoms with Gasteiger partial charge in [-0.25, -0.2) is 0 Å². The maximum absolute atomic E-state index is 14.0. The van der Waals surface area contributed by atoms with E-state index in [4.69, 9.17) is 9.47 Å². The molecule has 1 unspecified atom stereocenters. The number of rotatable bonds is 5. The van der Waals surface area contributed by atoms with Gasteiger partial charge in [-0.1, -0.05) is 18.2 Å². The molecule has 0 radical (unpaired) electrons. The number of ketones is 1. The number of ether oxygens (including phenoxy) is 2. The molecule has 9 nitrogen and oxygen atoms in total. The van der Waals surface area contributed by atoms with Crippen LogP contribution in [0.2, 0.25) is 0 Å². The first-order chi connectivity index (χ1) is 17.3. The normalized spacial score (nSPS) is 23.6. The molecule has 2 amide bonds. The standard InChI is InChI=1S/C27H29N3O6/c1-17-16-18(8-9-21(17)35-3)23(31)22-24(32)25(33)30(11-10-29-12-14-36-15-13-29)27(22)19-6-4-5-7-20(19)28(2)26(27)34/h4-9,16,31H,10-15H2,1-3H3/b23-22+. The third kappa shape index (κ3) is 3.42. The van der Waals surface area contributed by atoms with Crippen LogP contribution in [0.15, 0.2) is 48.0 Å². The number of carbonyl (C=O) groups excluding carboxylic acids is 3. The van der Waals surface area contributed by atoms with Gasteiger partial charge in [-0.2, -0.15) is 0 Å². The molecule has 2 aromatic carbocycles. The Morgan fingerprint density at radius 2 is 1.81 bits per heavy atom. The molecule has 1 spiro atoms. The molecule has 3 heterocycles. The molecule has 0 saturated carbocycles. The van der Waals surface area contributed by atoms with E-state index in [1.54, 1.807) is 56.6 Å². The van der Waals surface area contributed by atoms with E-state index in [-0.39, 0.29) is 17.9 Å². The number of morpholine rings is 1. The third-order valence-electron chi connectivity index (χ3n) is 7.35. The Labute approximate surface area is 209 Å². The molecule has 3 aliphatic heterocycles. The minimum absolute atomic E-state index is 0.150. The average Bonchev–Trinajstić information content (AvgIpc) is 3.25. The van der Waals surface area contributed by atoms with Crippen molar-refractivity contribution < 1.29 is 29.0 Å². The summed E-state index contributed by atoms with van der Waals surface area (Å²) in [5.74, 6) is -1.88. The maximum atomic E-state index is 14.0. The molecule has 2 fully saturated rings. The predicted octanol–water partition coefficient (Wildman–Crippen LogP) is 1.89. The van der Waals surface area contributed by atoms with Gasteiger partial charge in [-0.05, 0) is 36.8 Å². The lowest BCUT2D eigenvalue weighted by molar-refractivity contribution is -0.144. The maximum Gasteiger partial charge on any atom is 0.296 e. The fourth-order valence-corrected chi connectivity index (χ4v) is 5.51. The molecule has 5 rings (SSSR count). The molecule has 1 N–H and O–H groups in total. The zero-order valence-electron chi connectivity index (χ0n) is 20.6. The van der Waals surface area contributed by atoms with Crippen molar-refractivity contribution in [3.8, 4) is 5.75 Å². The second-order valence-electron chi connectivity index (χ2n) is 9.24. The molecule has 2 saturated heterocycles. The number of para-hydroxylation sites is 1. The van der Waals surface area contributed by atoms with E-state index in [2.05, 4.69) is 4.90 Å². The van der Waals surface area contributed by atoms with E-state index in [0.29, 0.717) is 55.4 Å². The van der Waals surface area contributed by atoms with Crippen molar-refractivity contribution in [1.82, 2.24) is 9.80 Å². The van der Waals surface area contributed by atoms with Gasteiger partial charge in [0, 0.05) is 50.0 Å². The van der Waals surface area contributed by atoms with Gasteiger partial charge in [0.2, 0.25) is 0 Å². The van der Waals surface area contributed by atoms with E-state index < -0.39 is 23.1 Å². The third-order valence-corrected chi connectivity index (χ3v) is 7.35. The van der Waals surface area contributed by atoms with E-state index in [1.807, 2.05) is 6.92 Å². The molecular weight excluding hydrogens is 462 g/mol. The van der Waals surface area contributed by atoms with Crippen molar-refractivity contribution in [2.75, 3.05) is 58.5 Å². The van der Waals surface area contributed by atoms with E-state index in [1.165, 1.54) is 9.80 Å². The number of aliphatic hydroxyl groups is 1. The highest BCUT2D eigenvalue weighted by Crippen LogP contribution is 2.53. The zero-order chi connectivity index (χ0) is 25.6. The number of carbonyl (C=O) groups is 3. The number of hydrogen-bond donors (Lipinski definition) is 1. The van der Waals surface area contributed by atoms with E-state index >= 15 is 0 Å². The molecule has 188 valence electrons. The number of Topliss-reactive ketones (excluding diaryl/α,β-unsaturated/α-hetero) is 1. The van der Waals surface area contributed by atoms with Gasteiger partial charge in [-0.3, -0.25) is 19.3 Å². The van der Waals surface area contributed by atoms with E-state index in [9.17, 15) is 19.5 Å². The fourth-order valence-electron chi connectivity index (χ4n) is 5.51. The summed E-state index contributed by atoms with van der Waals surface area (Å²) in [6.07, 6.45) is 0. The van der Waals surface area contributed by atoms with Gasteiger partial charge in [0.15, 0.2) is 5.54 Å². The number of fused-ring (bicyclic) bond motifs is 2. The molecule has 0 aliphatic carbocycles. The minimum atomic E-state index is -1.75. The number of nitrogens with zero attached hydrogens (tertiary/aromatic N) is 3. The van der Waals surface area contributed by atoms with Crippen LogP contribution < -0.4 is 9.64 Å². The number of aliphatic hydroxyl groups excluding tert-OH is 1. The van der Waals surface area contributed by atoms with Gasteiger partial charge in [-0.15, -0.1) is 0 Å². The van der Waals surface area contributed by atoms with Crippen LogP contribution >= 0.6 is 0 Å². The summed E-state index contributed by atoms with van der Waals surface area (Å²) in [6, 6.07) is 12.1. The topological polar surface area (TPSA) is 99.6 Å². The number of likely N-dealkylation sites (tertiary alicyclic amines) is 1. The number of likely N-dealkylation sites (N-methyl/N-ethyl adjacent to an activating group) is 1. The van der Waals surface area contributed by atoms with Crippen molar-refractivity contribution >= 4 is 29.0 Å². The number of hydrogen-bond acceptors (Lipinski definition) is 7. The van der Waals surface area contributed by atoms with Crippen LogP contribution in [0.25, 0.3) is 5.76 Å². The Bertz CT molecular complexity index is 1280. The van der Waals surface area contributed by atoms with Crippen LogP contribution in [0, 0.1) is 6.92 Å². The van der Waals surface area contributed by atoms with Crippen LogP contribution in [-0.2, 0) is 24.7 Å². The Kier molecular flexibility index (Phi) is 6.05. The largest absolute Gasteiger partial charge is 0.507 e. The van der Waals surface area contributed by atoms with Gasteiger partial charge >= 0.3 is 0 Å². The molecule has 2 aromatic rings. The van der Waals surface area contributed by atoms with Crippen LogP contribution in [0.1, 0.15) is 16.7 Å². The van der Waals surface area contributed by atoms with Crippen molar-refractivity contribution in [2.45, 2.75) is 12.5 Å². The fraction of sp³-hybridized carbons (Fsp3) is 0.370. The number of benzene rings is 2. The Hall–Kier alpha value is -3.69. The first-order valence-corrected chi connectivity index (χ1v) is 11.9. The SMILES string of the molecule is COc1ccc(/C(O)=C2/C(=O)C(=O)N(CCN3CCOCC3)C23C(=O)N(C)c2ccccc23)cc1C. The smallest absolute Gasteiger partial charge is 0.296 e. The summed E-state index contributed by atoms with van der Waals surface area (Å²) >= 11 is 0. The summed E-state index contributed by atoms with van der Waals surface area (Å²) in [7, 11) is 3.17. The highest BCUT2D eigenvalue weighted by atomic mass is 16.5. The highest BCUT2D eigenvalue weighted by molar-refractivity contribution is 6.50. The average molecular weight is 492 g/mol. The molecule has 0 bridgehead atoms. The van der Waals surface area contributed by atoms with Crippen molar-refractivity contribution in [3.63, 3.8) is 0 Å². The summed E-state index contributed by atoms with van der Waals surface area (Å²) in [6.45, 7) is 5.02. The summed E-state index contributed by atoms with van der Waals surface area (Å²) in [5.41, 5.74) is 0.221. The summed E-state index contributed by atoms with van der Waals surface area (Å²) in [4.78, 5) is 46.1. The summed E-state index contributed by atoms with van der Waals surface area (Å²) in [5, 5.41) is 11.5. The lowest BCUT2D eigenvalue weighted by atomic mass is 9.81. The second kappa shape index (κ2) is 9.07. The monoisotopic (exact) mass is 491 g/mol. The minimum Gasteiger partial charge on any atom is -0.507 e. The van der Waals surface area contributed by atoms with Gasteiger partial charge in [0.25, 0.3) is 17.6 Å². The molecule has 36 heavy (non-hydrogen) atoms. The molecule has 3 aliphatic rings. The Morgan fingerprint density at radius 3 is 2.50 bits per heavy atom. The molecule has 0 aromatic heterocycles. The Balaban J connectivity index is 1.70. The van der Waals surface area contributed by atoms with Crippen LogP contribution in [0.4, 0.5) is 5.69 Å². The number of amides is 2. The van der Waals surface area contributed by atoms with Crippen LogP contribution in [0.5, 0.6) is 5.75 Å². The number of aryl methyl sites for hydroxylation is 1. The van der Waals surface area contributed by atoms with E-state index in [0.717, 1.165) is 5.56 Å². The Morgan fingerprint density at radius 1 is 1.08 bits per heavy atom. The first-order valence-electron chi connectivity index (χ1n) is 11.9. The lowest BCUT2D eigenvalue weighted by Crippen LogP contribution is -2.53. The van der Waals surface area contributed by atoms with Crippen molar-refractivity contribution in [1.29, 1.82) is 0 Å². The summed E-state index contributed by atoms with van der Waals surface area (Å²) < 4.78 is 10.7. The molecular formula is C27H29N3O6. The van der Waals surface area contributed by atoms with Gasteiger partial charge in [0.1, 0.15) is 11.5 Å². The predicted molar refractivity (Wildman–Crippen MR) is 133 cm³/mol. The zero-order valence-corrected chi connectivity index (χ0v) is 20.6. The number of anilines is 1. The van der Waals surface area contributed by atoms with Crippen molar-refractivity contribution in [2.24, 2.45) is 0 Å². The van der Waals surface area contributed by atoms with Gasteiger partial charge in [0.05, 0.1) is 25.9 Å². The van der Waals surface area contributed by atoms with Crippen LogP contribution in [-0.4, -0.2) is 86.1 Å². The van der Waals surface area contributed by atoms with Crippen molar-refractivity contribution in [3.05, 3.63) is 64.7 Å². The molecule has 9 heteroatoms.